The van der Waals surface area contributed by atoms with E-state index in [9.17, 15) is 0 Å². The molecule has 1 aliphatic rings. The average molecular weight is 250 g/mol. The molecule has 0 spiro atoms. The third kappa shape index (κ3) is 2.63. The number of nitrogens with zero attached hydrogens (tertiary/aromatic N) is 4. The lowest BCUT2D eigenvalue weighted by Gasteiger charge is -2.08. The van der Waals surface area contributed by atoms with Gasteiger partial charge in [-0.25, -0.2) is 9.35 Å². The van der Waals surface area contributed by atoms with Crippen molar-refractivity contribution in [1.82, 2.24) is 9.35 Å². The van der Waals surface area contributed by atoms with Crippen molar-refractivity contribution in [2.45, 2.75) is 6.92 Å². The van der Waals surface area contributed by atoms with Crippen LogP contribution < -0.4 is 0 Å². The van der Waals surface area contributed by atoms with Gasteiger partial charge in [-0.15, -0.1) is 0 Å². The highest BCUT2D eigenvalue weighted by atomic mass is 15.3. The van der Waals surface area contributed by atoms with Crippen LogP contribution in [0.5, 0.6) is 0 Å². The highest BCUT2D eigenvalue weighted by Crippen LogP contribution is 2.08. The number of hydrogen-bond acceptors (Lipinski definition) is 2. The van der Waals surface area contributed by atoms with Gasteiger partial charge in [0.05, 0.1) is 11.4 Å². The fraction of sp³-hybridized carbons (Fsp3) is 0.0667. The molecule has 0 bridgehead atoms. The minimum Gasteiger partial charge on any atom is -0.248 e. The zero-order valence-electron chi connectivity index (χ0n) is 10.6. The summed E-state index contributed by atoms with van der Waals surface area (Å²) in [7, 11) is 0. The van der Waals surface area contributed by atoms with Crippen LogP contribution in [0.2, 0.25) is 0 Å². The predicted molar refractivity (Wildman–Crippen MR) is 77.4 cm³/mol. The molecule has 4 heteroatoms. The Kier molecular flexibility index (Phi) is 2.98. The van der Waals surface area contributed by atoms with Crippen LogP contribution in [0.25, 0.3) is 0 Å². The van der Waals surface area contributed by atoms with Crippen LogP contribution in [0, 0.1) is 0 Å². The highest BCUT2D eigenvalue weighted by Gasteiger charge is 2.06. The van der Waals surface area contributed by atoms with Crippen LogP contribution in [0.4, 0.5) is 0 Å². The second-order valence-electron chi connectivity index (χ2n) is 4.30. The molecule has 19 heavy (non-hydrogen) atoms. The van der Waals surface area contributed by atoms with Crippen molar-refractivity contribution in [3.63, 3.8) is 0 Å². The lowest BCUT2D eigenvalue weighted by molar-refractivity contribution is 0.886. The van der Waals surface area contributed by atoms with Gasteiger partial charge in [-0.05, 0) is 55.0 Å². The smallest absolute Gasteiger partial charge is 0.0870 e. The molecule has 0 atom stereocenters. The summed E-state index contributed by atoms with van der Waals surface area (Å²) in [4.78, 5) is 0. The lowest BCUT2D eigenvalue weighted by atomic mass is 10.0. The summed E-state index contributed by atoms with van der Waals surface area (Å²) in [6.45, 7) is 2.04. The molecule has 0 aromatic carbocycles. The van der Waals surface area contributed by atoms with Gasteiger partial charge >= 0.3 is 0 Å². The fourth-order valence-corrected chi connectivity index (χ4v) is 1.86. The first-order valence-electron chi connectivity index (χ1n) is 6.12. The van der Waals surface area contributed by atoms with Crippen molar-refractivity contribution in [3.05, 3.63) is 72.9 Å². The van der Waals surface area contributed by atoms with Crippen molar-refractivity contribution in [1.29, 1.82) is 0 Å². The molecule has 0 radical (unpaired) electrons. The summed E-state index contributed by atoms with van der Waals surface area (Å²) in [5.41, 5.74) is 2.96. The van der Waals surface area contributed by atoms with Crippen LogP contribution in [0.1, 0.15) is 6.92 Å². The monoisotopic (exact) mass is 250 g/mol. The van der Waals surface area contributed by atoms with Gasteiger partial charge in [0.15, 0.2) is 0 Å². The van der Waals surface area contributed by atoms with Gasteiger partial charge in [0, 0.05) is 24.8 Å². The molecule has 94 valence electrons. The summed E-state index contributed by atoms with van der Waals surface area (Å²) >= 11 is 0. The third-order valence-electron chi connectivity index (χ3n) is 2.81. The van der Waals surface area contributed by atoms with Gasteiger partial charge in [-0.3, -0.25) is 0 Å². The Balaban J connectivity index is 1.87. The van der Waals surface area contributed by atoms with Crippen molar-refractivity contribution in [2.24, 2.45) is 10.2 Å². The standard InChI is InChI=1S/C15H14N4/c1-13-12-14(16-18-8-2-3-9-18)6-7-15(13)17-19-10-4-5-11-19/h2-12H,1H3/b16-14-,17-15+. The second kappa shape index (κ2) is 4.94. The van der Waals surface area contributed by atoms with Gasteiger partial charge in [-0.1, -0.05) is 0 Å². The lowest BCUT2D eigenvalue weighted by Crippen LogP contribution is -2.08. The van der Waals surface area contributed by atoms with E-state index in [-0.39, 0.29) is 0 Å². The molecule has 2 aromatic rings. The Morgan fingerprint density at radius 3 is 1.95 bits per heavy atom. The molecule has 4 nitrogen and oxygen atoms in total. The van der Waals surface area contributed by atoms with E-state index in [1.165, 1.54) is 0 Å². The van der Waals surface area contributed by atoms with Crippen LogP contribution >= 0.6 is 0 Å². The molecular weight excluding hydrogens is 236 g/mol. The largest absolute Gasteiger partial charge is 0.248 e. The zero-order valence-corrected chi connectivity index (χ0v) is 10.6. The fourth-order valence-electron chi connectivity index (χ4n) is 1.86. The molecule has 0 unspecified atom stereocenters. The normalized spacial score (nSPS) is 19.1. The maximum Gasteiger partial charge on any atom is 0.0870 e. The van der Waals surface area contributed by atoms with E-state index in [0.29, 0.717) is 0 Å². The Labute approximate surface area is 111 Å². The molecule has 0 saturated carbocycles. The molecule has 1 aliphatic carbocycles. The van der Waals surface area contributed by atoms with Crippen LogP contribution in [0.3, 0.4) is 0 Å². The van der Waals surface area contributed by atoms with E-state index >= 15 is 0 Å². The molecule has 0 aliphatic heterocycles. The van der Waals surface area contributed by atoms with Gasteiger partial charge in [-0.2, -0.15) is 10.2 Å². The first-order chi connectivity index (χ1) is 9.31. The van der Waals surface area contributed by atoms with Crippen molar-refractivity contribution in [3.8, 4) is 0 Å². The number of aromatic nitrogens is 2. The maximum absolute atomic E-state index is 4.51. The van der Waals surface area contributed by atoms with Crippen molar-refractivity contribution >= 4 is 11.4 Å². The third-order valence-corrected chi connectivity index (χ3v) is 2.81. The highest BCUT2D eigenvalue weighted by molar-refractivity contribution is 6.20. The van der Waals surface area contributed by atoms with Crippen molar-refractivity contribution < 1.29 is 0 Å². The first-order valence-corrected chi connectivity index (χ1v) is 6.12. The minimum atomic E-state index is 0.917. The molecule has 2 aromatic heterocycles. The Hall–Kier alpha value is -2.62. The SMILES string of the molecule is CC1=CC(=N\n2cccc2)/C=CC/1=N\n1cccc1. The second-order valence-corrected chi connectivity index (χ2v) is 4.30. The van der Waals surface area contributed by atoms with E-state index in [1.807, 2.05) is 74.2 Å². The minimum absolute atomic E-state index is 0.917. The molecule has 0 fully saturated rings. The number of allylic oxidation sites excluding steroid dienone is 4. The van der Waals surface area contributed by atoms with Gasteiger partial charge in [0.2, 0.25) is 0 Å². The zero-order chi connectivity index (χ0) is 13.1. The molecule has 0 N–H and O–H groups in total. The molecular formula is C15H14N4. The van der Waals surface area contributed by atoms with Crippen molar-refractivity contribution in [2.75, 3.05) is 0 Å². The van der Waals surface area contributed by atoms with E-state index < -0.39 is 0 Å². The van der Waals surface area contributed by atoms with Crippen LogP contribution in [-0.4, -0.2) is 20.8 Å². The molecule has 0 amide bonds. The van der Waals surface area contributed by atoms with E-state index in [1.54, 1.807) is 9.35 Å². The predicted octanol–water partition coefficient (Wildman–Crippen LogP) is 2.91. The maximum atomic E-state index is 4.51. The quantitative estimate of drug-likeness (QED) is 0.735. The average Bonchev–Trinajstić information content (AvgIpc) is 3.05. The van der Waals surface area contributed by atoms with Gasteiger partial charge in [0.1, 0.15) is 0 Å². The first kappa shape index (κ1) is 11.5. The molecule has 2 heterocycles. The Bertz CT molecular complexity index is 668. The van der Waals surface area contributed by atoms with Gasteiger partial charge < -0.3 is 0 Å². The summed E-state index contributed by atoms with van der Waals surface area (Å²) in [6.07, 6.45) is 13.6. The number of rotatable bonds is 2. The Morgan fingerprint density at radius 1 is 0.789 bits per heavy atom. The van der Waals surface area contributed by atoms with E-state index in [4.69, 9.17) is 0 Å². The summed E-state index contributed by atoms with van der Waals surface area (Å²) in [6, 6.07) is 7.81. The Morgan fingerprint density at radius 2 is 1.37 bits per heavy atom. The van der Waals surface area contributed by atoms with E-state index in [2.05, 4.69) is 10.2 Å². The van der Waals surface area contributed by atoms with E-state index in [0.717, 1.165) is 17.0 Å². The summed E-state index contributed by atoms with van der Waals surface area (Å²) in [5.74, 6) is 0. The summed E-state index contributed by atoms with van der Waals surface area (Å²) < 4.78 is 3.59. The van der Waals surface area contributed by atoms with Crippen LogP contribution in [-0.2, 0) is 0 Å². The molecule has 0 saturated heterocycles. The summed E-state index contributed by atoms with van der Waals surface area (Å²) in [5, 5.41) is 8.98. The van der Waals surface area contributed by atoms with Crippen LogP contribution in [0.15, 0.2) is 83.1 Å². The van der Waals surface area contributed by atoms with Gasteiger partial charge in [0.25, 0.3) is 0 Å². The topological polar surface area (TPSA) is 34.6 Å². The number of hydrogen-bond donors (Lipinski definition) is 0. The molecule has 3 rings (SSSR count).